The van der Waals surface area contributed by atoms with Crippen LogP contribution in [0.1, 0.15) is 0 Å². The Bertz CT molecular complexity index is 591. The van der Waals surface area contributed by atoms with E-state index >= 15 is 0 Å². The molecule has 0 radical (unpaired) electrons. The number of nitro benzene ring substituents is 1. The summed E-state index contributed by atoms with van der Waals surface area (Å²) in [4.78, 5) is 13.7. The van der Waals surface area contributed by atoms with Gasteiger partial charge in [0.2, 0.25) is 10.4 Å². The summed E-state index contributed by atoms with van der Waals surface area (Å²) < 4.78 is 5.27. The number of rotatable bonds is 3. The Balaban J connectivity index is 2.23. The maximum Gasteiger partial charge on any atom is 0.269 e. The lowest BCUT2D eigenvalue weighted by molar-refractivity contribution is -0.384. The molecule has 0 saturated heterocycles. The summed E-state index contributed by atoms with van der Waals surface area (Å²) in [6.07, 6.45) is 0. The summed E-state index contributed by atoms with van der Waals surface area (Å²) in [5, 5.41) is 17.2. The second-order valence-electron chi connectivity index (χ2n) is 3.03. The Morgan fingerprint density at radius 3 is 2.44 bits per heavy atom. The predicted molar refractivity (Wildman–Crippen MR) is 63.0 cm³/mol. The molecule has 0 unspecified atom stereocenters. The average molecular weight is 287 g/mol. The third-order valence-electron chi connectivity index (χ3n) is 1.85. The van der Waals surface area contributed by atoms with E-state index in [1.807, 2.05) is 0 Å². The zero-order valence-corrected chi connectivity index (χ0v) is 10.1. The van der Waals surface area contributed by atoms with Gasteiger partial charge in [0.25, 0.3) is 11.6 Å². The van der Waals surface area contributed by atoms with Crippen LogP contribution in [0.15, 0.2) is 24.3 Å². The molecule has 0 saturated carbocycles. The number of ether oxygens (including phenoxy) is 1. The van der Waals surface area contributed by atoms with E-state index in [2.05, 4.69) is 15.2 Å². The fourth-order valence-electron chi connectivity index (χ4n) is 1.09. The highest BCUT2D eigenvalue weighted by Crippen LogP contribution is 2.27. The van der Waals surface area contributed by atoms with Gasteiger partial charge in [-0.1, -0.05) is 11.6 Å². The minimum Gasteiger partial charge on any atom is -0.436 e. The first-order valence-electron chi connectivity index (χ1n) is 4.54. The molecule has 2 aromatic rings. The van der Waals surface area contributed by atoms with Gasteiger partial charge in [-0.25, -0.2) is 0 Å². The third kappa shape index (κ3) is 2.82. The van der Waals surface area contributed by atoms with Gasteiger partial charge in [0.15, 0.2) is 0 Å². The van der Waals surface area contributed by atoms with Crippen LogP contribution in [0.3, 0.4) is 0 Å². The zero-order valence-electron chi connectivity index (χ0n) is 8.58. The van der Waals surface area contributed by atoms with Crippen LogP contribution in [-0.2, 0) is 0 Å². The highest BCUT2D eigenvalue weighted by atomic mass is 35.5. The molecule has 0 aliphatic carbocycles. The van der Waals surface area contributed by atoms with E-state index in [1.165, 1.54) is 24.3 Å². The molecule has 18 heavy (non-hydrogen) atoms. The minimum atomic E-state index is -0.514. The Labute approximate surface area is 110 Å². The third-order valence-corrected chi connectivity index (χ3v) is 2.25. The van der Waals surface area contributed by atoms with Gasteiger partial charge >= 0.3 is 0 Å². The first kappa shape index (κ1) is 12.5. The Morgan fingerprint density at radius 2 is 1.83 bits per heavy atom. The van der Waals surface area contributed by atoms with Crippen molar-refractivity contribution in [3.05, 3.63) is 44.8 Å². The highest BCUT2D eigenvalue weighted by molar-refractivity contribution is 6.31. The van der Waals surface area contributed by atoms with Crippen LogP contribution in [-0.4, -0.2) is 20.1 Å². The fraction of sp³-hybridized carbons (Fsp3) is 0. The van der Waals surface area contributed by atoms with E-state index in [1.54, 1.807) is 0 Å². The van der Waals surface area contributed by atoms with E-state index < -0.39 is 4.92 Å². The van der Waals surface area contributed by atoms with Crippen molar-refractivity contribution in [2.45, 2.75) is 0 Å². The number of hydrogen-bond donors (Lipinski definition) is 0. The summed E-state index contributed by atoms with van der Waals surface area (Å²) >= 11 is 11.2. The fourth-order valence-corrected chi connectivity index (χ4v) is 1.33. The van der Waals surface area contributed by atoms with Gasteiger partial charge in [-0.2, -0.15) is 4.98 Å². The molecule has 92 valence electrons. The van der Waals surface area contributed by atoms with E-state index in [-0.39, 0.29) is 22.0 Å². The van der Waals surface area contributed by atoms with Crippen LogP contribution < -0.4 is 4.74 Å². The monoisotopic (exact) mass is 286 g/mol. The van der Waals surface area contributed by atoms with E-state index in [9.17, 15) is 10.1 Å². The maximum atomic E-state index is 10.5. The molecule has 0 atom stereocenters. The quantitative estimate of drug-likeness (QED) is 0.636. The lowest BCUT2D eigenvalue weighted by Crippen LogP contribution is -1.95. The molecule has 1 heterocycles. The van der Waals surface area contributed by atoms with Crippen molar-refractivity contribution in [3.8, 4) is 11.6 Å². The predicted octanol–water partition coefficient (Wildman–Crippen LogP) is 2.88. The van der Waals surface area contributed by atoms with Gasteiger partial charge < -0.3 is 4.74 Å². The number of aromatic nitrogens is 3. The normalized spacial score (nSPS) is 10.1. The van der Waals surface area contributed by atoms with Gasteiger partial charge in [-0.3, -0.25) is 10.1 Å². The van der Waals surface area contributed by atoms with Crippen molar-refractivity contribution >= 4 is 28.9 Å². The Hall–Kier alpha value is -1.99. The molecule has 0 bridgehead atoms. The van der Waals surface area contributed by atoms with E-state index in [4.69, 9.17) is 27.9 Å². The topological polar surface area (TPSA) is 91.0 Å². The molecular weight excluding hydrogens is 283 g/mol. The smallest absolute Gasteiger partial charge is 0.269 e. The number of benzene rings is 1. The van der Waals surface area contributed by atoms with Crippen molar-refractivity contribution in [2.75, 3.05) is 0 Å². The molecule has 1 aromatic carbocycles. The van der Waals surface area contributed by atoms with Crippen LogP contribution in [0.4, 0.5) is 5.69 Å². The van der Waals surface area contributed by atoms with Crippen molar-refractivity contribution < 1.29 is 9.66 Å². The van der Waals surface area contributed by atoms with Gasteiger partial charge in [0.1, 0.15) is 5.75 Å². The summed E-state index contributed by atoms with van der Waals surface area (Å²) in [6, 6.07) is 5.40. The number of non-ortho nitro benzene ring substituents is 1. The first-order valence-corrected chi connectivity index (χ1v) is 5.30. The second kappa shape index (κ2) is 5.11. The molecule has 0 aliphatic heterocycles. The second-order valence-corrected chi connectivity index (χ2v) is 3.73. The number of hydrogen-bond acceptors (Lipinski definition) is 6. The minimum absolute atomic E-state index is 0.0227. The van der Waals surface area contributed by atoms with Crippen LogP contribution in [0, 0.1) is 10.1 Å². The van der Waals surface area contributed by atoms with Crippen molar-refractivity contribution in [3.63, 3.8) is 0 Å². The number of halogens is 2. The molecule has 0 fully saturated rings. The summed E-state index contributed by atoms with van der Waals surface area (Å²) in [5.41, 5.74) is -0.0488. The highest BCUT2D eigenvalue weighted by Gasteiger charge is 2.10. The molecule has 0 spiro atoms. The standard InChI is InChI=1S/C9H4Cl2N4O3/c10-7-8(12-9(11)14-13-7)18-6-3-1-5(2-4-6)15(16)17/h1-4H. The van der Waals surface area contributed by atoms with E-state index in [0.717, 1.165) is 0 Å². The summed E-state index contributed by atoms with van der Waals surface area (Å²) in [7, 11) is 0. The molecule has 1 aromatic heterocycles. The lowest BCUT2D eigenvalue weighted by atomic mass is 10.3. The van der Waals surface area contributed by atoms with Crippen LogP contribution in [0.2, 0.25) is 10.4 Å². The van der Waals surface area contributed by atoms with Crippen molar-refractivity contribution in [2.24, 2.45) is 0 Å². The van der Waals surface area contributed by atoms with Gasteiger partial charge in [0.05, 0.1) is 4.92 Å². The number of nitro groups is 1. The van der Waals surface area contributed by atoms with Gasteiger partial charge in [-0.05, 0) is 23.7 Å². The van der Waals surface area contributed by atoms with E-state index in [0.29, 0.717) is 5.75 Å². The largest absolute Gasteiger partial charge is 0.436 e. The molecular formula is C9H4Cl2N4O3. The lowest BCUT2D eigenvalue weighted by Gasteiger charge is -2.04. The zero-order chi connectivity index (χ0) is 13.1. The molecule has 0 N–H and O–H groups in total. The number of nitrogens with zero attached hydrogens (tertiary/aromatic N) is 4. The molecule has 2 rings (SSSR count). The average Bonchev–Trinajstić information content (AvgIpc) is 2.34. The molecule has 7 nitrogen and oxygen atoms in total. The molecule has 9 heteroatoms. The van der Waals surface area contributed by atoms with Crippen LogP contribution in [0.25, 0.3) is 0 Å². The van der Waals surface area contributed by atoms with Crippen molar-refractivity contribution in [1.82, 2.24) is 15.2 Å². The van der Waals surface area contributed by atoms with Gasteiger partial charge in [-0.15, -0.1) is 10.2 Å². The summed E-state index contributed by atoms with van der Waals surface area (Å²) in [5.74, 6) is 0.296. The summed E-state index contributed by atoms with van der Waals surface area (Å²) in [6.45, 7) is 0. The maximum absolute atomic E-state index is 10.5. The van der Waals surface area contributed by atoms with Gasteiger partial charge in [0, 0.05) is 12.1 Å². The van der Waals surface area contributed by atoms with Crippen molar-refractivity contribution in [1.29, 1.82) is 0 Å². The molecule has 0 amide bonds. The first-order chi connectivity index (χ1) is 8.56. The van der Waals surface area contributed by atoms with Crippen LogP contribution in [0.5, 0.6) is 11.6 Å². The Kier molecular flexibility index (Phi) is 3.54. The van der Waals surface area contributed by atoms with Crippen LogP contribution >= 0.6 is 23.2 Å². The Morgan fingerprint density at radius 1 is 1.17 bits per heavy atom. The SMILES string of the molecule is O=[N+]([O-])c1ccc(Oc2nc(Cl)nnc2Cl)cc1. The molecule has 0 aliphatic rings.